The van der Waals surface area contributed by atoms with Crippen LogP contribution in [0.2, 0.25) is 0 Å². The van der Waals surface area contributed by atoms with E-state index < -0.39 is 9.05 Å². The van der Waals surface area contributed by atoms with Gasteiger partial charge in [-0.2, -0.15) is 0 Å². The lowest BCUT2D eigenvalue weighted by Crippen LogP contribution is -2.09. The molecule has 90 valence electrons. The molecule has 0 atom stereocenters. The van der Waals surface area contributed by atoms with Crippen molar-refractivity contribution in [3.8, 4) is 0 Å². The Labute approximate surface area is 103 Å². The minimum atomic E-state index is -3.86. The van der Waals surface area contributed by atoms with Gasteiger partial charge in [-0.25, -0.2) is 8.42 Å². The number of benzene rings is 1. The topological polar surface area (TPSA) is 67.0 Å². The van der Waals surface area contributed by atoms with Crippen LogP contribution >= 0.6 is 10.7 Å². The number of fused-ring (bicyclic) bond motifs is 1. The van der Waals surface area contributed by atoms with E-state index in [4.69, 9.17) is 10.7 Å². The van der Waals surface area contributed by atoms with Gasteiger partial charge in [-0.15, -0.1) is 0 Å². The highest BCUT2D eigenvalue weighted by atomic mass is 35.7. The zero-order valence-corrected chi connectivity index (χ0v) is 10.6. The smallest absolute Gasteiger partial charge is 0.261 e. The second kappa shape index (κ2) is 4.16. The summed E-state index contributed by atoms with van der Waals surface area (Å²) in [7, 11) is 1.52. The lowest BCUT2D eigenvalue weighted by molar-refractivity contribution is 0.610. The molecule has 6 heteroatoms. The lowest BCUT2D eigenvalue weighted by atomic mass is 10.1. The Morgan fingerprint density at radius 3 is 2.65 bits per heavy atom. The van der Waals surface area contributed by atoms with E-state index >= 15 is 0 Å². The van der Waals surface area contributed by atoms with Crippen molar-refractivity contribution in [2.24, 2.45) is 0 Å². The van der Waals surface area contributed by atoms with Crippen molar-refractivity contribution in [1.82, 2.24) is 4.98 Å². The van der Waals surface area contributed by atoms with E-state index in [9.17, 15) is 13.2 Å². The van der Waals surface area contributed by atoms with Gasteiger partial charge in [0.15, 0.2) is 0 Å². The summed E-state index contributed by atoms with van der Waals surface area (Å²) in [4.78, 5) is 14.2. The average Bonchev–Trinajstić information content (AvgIpc) is 2.28. The van der Waals surface area contributed by atoms with Crippen molar-refractivity contribution in [2.75, 3.05) is 0 Å². The molecule has 1 heterocycles. The largest absolute Gasteiger partial charge is 0.328 e. The molecule has 0 amide bonds. The molecule has 0 saturated heterocycles. The molecule has 2 aromatic rings. The first-order valence-corrected chi connectivity index (χ1v) is 7.34. The highest BCUT2D eigenvalue weighted by Crippen LogP contribution is 2.26. The van der Waals surface area contributed by atoms with Crippen LogP contribution in [0.25, 0.3) is 10.8 Å². The number of hydrogen-bond donors (Lipinski definition) is 1. The molecule has 0 fully saturated rings. The molecule has 17 heavy (non-hydrogen) atoms. The molecular weight excluding hydrogens is 262 g/mol. The van der Waals surface area contributed by atoms with Gasteiger partial charge in [0.05, 0.1) is 4.90 Å². The molecule has 0 bridgehead atoms. The molecule has 0 unspecified atom stereocenters. The number of aryl methyl sites for hydroxylation is 1. The van der Waals surface area contributed by atoms with Crippen LogP contribution in [-0.2, 0) is 15.5 Å². The number of aromatic nitrogens is 1. The number of aromatic amines is 1. The van der Waals surface area contributed by atoms with Crippen molar-refractivity contribution in [3.63, 3.8) is 0 Å². The van der Waals surface area contributed by atoms with Crippen LogP contribution in [0.3, 0.4) is 0 Å². The van der Waals surface area contributed by atoms with Gasteiger partial charge in [-0.05, 0) is 24.1 Å². The van der Waals surface area contributed by atoms with E-state index in [0.29, 0.717) is 17.2 Å². The standard InChI is InChI=1S/C11H10ClNO3S/c1-2-7-6-13-11(14)8-4-3-5-9(10(7)8)17(12,15)16/h3-6H,2H2,1H3,(H,13,14). The van der Waals surface area contributed by atoms with E-state index in [1.165, 1.54) is 18.3 Å². The Bertz CT molecular complexity index is 734. The Kier molecular flexibility index (Phi) is 2.97. The van der Waals surface area contributed by atoms with E-state index in [1.807, 2.05) is 6.92 Å². The van der Waals surface area contributed by atoms with Gasteiger partial charge in [0.2, 0.25) is 0 Å². The summed E-state index contributed by atoms with van der Waals surface area (Å²) in [5.74, 6) is 0. The fourth-order valence-electron chi connectivity index (χ4n) is 1.84. The van der Waals surface area contributed by atoms with Gasteiger partial charge >= 0.3 is 0 Å². The summed E-state index contributed by atoms with van der Waals surface area (Å²) in [6, 6.07) is 4.49. The predicted octanol–water partition coefficient (Wildman–Crippen LogP) is 2.02. The highest BCUT2D eigenvalue weighted by Gasteiger charge is 2.17. The Morgan fingerprint density at radius 1 is 1.35 bits per heavy atom. The fourth-order valence-corrected chi connectivity index (χ4v) is 2.95. The second-order valence-corrected chi connectivity index (χ2v) is 6.15. The molecule has 0 saturated carbocycles. The minimum Gasteiger partial charge on any atom is -0.328 e. The summed E-state index contributed by atoms with van der Waals surface area (Å²) in [5.41, 5.74) is 0.429. The van der Waals surface area contributed by atoms with E-state index in [-0.39, 0.29) is 10.5 Å². The Balaban J connectivity index is 3.07. The second-order valence-electron chi connectivity index (χ2n) is 3.61. The molecule has 1 aromatic heterocycles. The van der Waals surface area contributed by atoms with Crippen LogP contribution in [0.1, 0.15) is 12.5 Å². The minimum absolute atomic E-state index is 0.0142. The summed E-state index contributed by atoms with van der Waals surface area (Å²) in [5, 5.41) is 0.750. The third-order valence-corrected chi connectivity index (χ3v) is 3.98. The third-order valence-electron chi connectivity index (χ3n) is 2.61. The first kappa shape index (κ1) is 12.1. The average molecular weight is 272 g/mol. The first-order chi connectivity index (χ1) is 7.95. The number of H-pyrrole nitrogens is 1. The van der Waals surface area contributed by atoms with Crippen LogP contribution in [-0.4, -0.2) is 13.4 Å². The molecule has 0 aliphatic heterocycles. The number of pyridine rings is 1. The van der Waals surface area contributed by atoms with E-state index in [2.05, 4.69) is 4.98 Å². The van der Waals surface area contributed by atoms with Crippen LogP contribution in [0.4, 0.5) is 0 Å². The monoisotopic (exact) mass is 271 g/mol. The fraction of sp³-hybridized carbons (Fsp3) is 0.182. The summed E-state index contributed by atoms with van der Waals surface area (Å²) >= 11 is 0. The number of rotatable bonds is 2. The molecule has 0 aliphatic carbocycles. The molecule has 0 spiro atoms. The zero-order chi connectivity index (χ0) is 12.6. The van der Waals surface area contributed by atoms with Gasteiger partial charge < -0.3 is 4.98 Å². The van der Waals surface area contributed by atoms with Crippen molar-refractivity contribution < 1.29 is 8.42 Å². The molecular formula is C11H10ClNO3S. The van der Waals surface area contributed by atoms with Gasteiger partial charge in [-0.3, -0.25) is 4.79 Å². The number of nitrogens with one attached hydrogen (secondary N) is 1. The lowest BCUT2D eigenvalue weighted by Gasteiger charge is -2.07. The molecule has 0 radical (unpaired) electrons. The Hall–Kier alpha value is -1.33. The van der Waals surface area contributed by atoms with Crippen LogP contribution < -0.4 is 5.56 Å². The van der Waals surface area contributed by atoms with Crippen molar-refractivity contribution in [3.05, 3.63) is 40.3 Å². The number of halogens is 1. The van der Waals surface area contributed by atoms with Crippen LogP contribution in [0.15, 0.2) is 34.1 Å². The normalized spacial score (nSPS) is 11.9. The quantitative estimate of drug-likeness (QED) is 0.850. The SMILES string of the molecule is CCc1c[nH]c(=O)c2cccc(S(=O)(=O)Cl)c12. The van der Waals surface area contributed by atoms with Gasteiger partial charge in [0, 0.05) is 27.7 Å². The number of hydrogen-bond acceptors (Lipinski definition) is 3. The van der Waals surface area contributed by atoms with Crippen molar-refractivity contribution >= 4 is 30.5 Å². The molecule has 2 rings (SSSR count). The third kappa shape index (κ3) is 2.08. The van der Waals surface area contributed by atoms with Crippen LogP contribution in [0.5, 0.6) is 0 Å². The first-order valence-electron chi connectivity index (χ1n) is 5.03. The van der Waals surface area contributed by atoms with Crippen molar-refractivity contribution in [2.45, 2.75) is 18.2 Å². The van der Waals surface area contributed by atoms with Gasteiger partial charge in [0.1, 0.15) is 0 Å². The van der Waals surface area contributed by atoms with E-state index in [0.717, 1.165) is 5.56 Å². The zero-order valence-electron chi connectivity index (χ0n) is 9.03. The van der Waals surface area contributed by atoms with Gasteiger partial charge in [0.25, 0.3) is 14.6 Å². The molecule has 4 nitrogen and oxygen atoms in total. The van der Waals surface area contributed by atoms with Gasteiger partial charge in [-0.1, -0.05) is 13.0 Å². The maximum Gasteiger partial charge on any atom is 0.261 e. The summed E-state index contributed by atoms with van der Waals surface area (Å²) in [6.45, 7) is 1.88. The molecule has 0 aliphatic rings. The molecule has 1 aromatic carbocycles. The summed E-state index contributed by atoms with van der Waals surface area (Å²) < 4.78 is 23.0. The maximum atomic E-state index is 11.6. The predicted molar refractivity (Wildman–Crippen MR) is 67.0 cm³/mol. The van der Waals surface area contributed by atoms with Crippen LogP contribution in [0, 0.1) is 0 Å². The Morgan fingerprint density at radius 2 is 2.06 bits per heavy atom. The summed E-state index contributed by atoms with van der Waals surface area (Å²) in [6.07, 6.45) is 2.13. The van der Waals surface area contributed by atoms with Crippen molar-refractivity contribution in [1.29, 1.82) is 0 Å². The highest BCUT2D eigenvalue weighted by molar-refractivity contribution is 8.14. The maximum absolute atomic E-state index is 11.6. The molecule has 1 N–H and O–H groups in total. The van der Waals surface area contributed by atoms with E-state index in [1.54, 1.807) is 6.07 Å².